The summed E-state index contributed by atoms with van der Waals surface area (Å²) in [4.78, 5) is 18.6. The molecule has 0 aromatic carbocycles. The van der Waals surface area contributed by atoms with Gasteiger partial charge in [0.15, 0.2) is 17.0 Å². The number of fused-ring (bicyclic) bond motifs is 1. The van der Waals surface area contributed by atoms with E-state index in [4.69, 9.17) is 14.7 Å². The summed E-state index contributed by atoms with van der Waals surface area (Å²) in [6.45, 7) is 6.99. The Bertz CT molecular complexity index is 668. The third-order valence-corrected chi connectivity index (χ3v) is 4.24. The number of ether oxygens (including phenoxy) is 1. The SMILES string of the molecule is Cl.Cl.Cn1cnc2c(N3CCNCC3)nc(N3CCOCC3)nc21. The maximum absolute atomic E-state index is 5.43. The summed E-state index contributed by atoms with van der Waals surface area (Å²) >= 11 is 0. The molecule has 2 aromatic rings. The number of imidazole rings is 1. The number of rotatable bonds is 2. The van der Waals surface area contributed by atoms with E-state index in [0.717, 1.165) is 75.4 Å². The van der Waals surface area contributed by atoms with Gasteiger partial charge in [0.05, 0.1) is 19.5 Å². The lowest BCUT2D eigenvalue weighted by atomic mass is 10.3. The molecule has 0 radical (unpaired) electrons. The first-order valence-electron chi connectivity index (χ1n) is 7.80. The molecule has 2 fully saturated rings. The quantitative estimate of drug-likeness (QED) is 0.816. The van der Waals surface area contributed by atoms with Crippen LogP contribution in [0.1, 0.15) is 0 Å². The fraction of sp³-hybridized carbons (Fsp3) is 0.643. The van der Waals surface area contributed by atoms with E-state index in [-0.39, 0.29) is 24.8 Å². The summed E-state index contributed by atoms with van der Waals surface area (Å²) in [5, 5.41) is 3.38. The number of aryl methyl sites for hydroxylation is 1. The normalized spacial score (nSPS) is 18.2. The van der Waals surface area contributed by atoms with Crippen molar-refractivity contribution in [3.8, 4) is 0 Å². The molecule has 1 N–H and O–H groups in total. The molecule has 2 aliphatic heterocycles. The van der Waals surface area contributed by atoms with Crippen molar-refractivity contribution in [1.82, 2.24) is 24.8 Å². The van der Waals surface area contributed by atoms with Crippen LogP contribution >= 0.6 is 24.8 Å². The first kappa shape index (κ1) is 19.0. The van der Waals surface area contributed by atoms with E-state index >= 15 is 0 Å². The molecule has 4 heterocycles. The number of piperazine rings is 1. The molecule has 0 spiro atoms. The average Bonchev–Trinajstić information content (AvgIpc) is 2.97. The first-order chi connectivity index (χ1) is 10.8. The van der Waals surface area contributed by atoms with Crippen LogP contribution in [0.4, 0.5) is 11.8 Å². The topological polar surface area (TPSA) is 71.3 Å². The highest BCUT2D eigenvalue weighted by Crippen LogP contribution is 2.25. The minimum absolute atomic E-state index is 0. The zero-order valence-corrected chi connectivity index (χ0v) is 15.3. The first-order valence-corrected chi connectivity index (χ1v) is 7.80. The van der Waals surface area contributed by atoms with Crippen LogP contribution in [0.25, 0.3) is 11.2 Å². The van der Waals surface area contributed by atoms with Crippen molar-refractivity contribution < 1.29 is 4.74 Å². The third-order valence-electron chi connectivity index (χ3n) is 4.24. The van der Waals surface area contributed by atoms with Crippen LogP contribution < -0.4 is 15.1 Å². The average molecular weight is 376 g/mol. The minimum Gasteiger partial charge on any atom is -0.378 e. The fourth-order valence-electron chi connectivity index (χ4n) is 2.98. The highest BCUT2D eigenvalue weighted by atomic mass is 35.5. The monoisotopic (exact) mass is 375 g/mol. The van der Waals surface area contributed by atoms with Gasteiger partial charge in [-0.1, -0.05) is 0 Å². The van der Waals surface area contributed by atoms with Gasteiger partial charge in [0, 0.05) is 46.3 Å². The summed E-state index contributed by atoms with van der Waals surface area (Å²) in [7, 11) is 1.98. The second-order valence-corrected chi connectivity index (χ2v) is 5.71. The van der Waals surface area contributed by atoms with Crippen molar-refractivity contribution in [2.45, 2.75) is 0 Å². The van der Waals surface area contributed by atoms with Crippen LogP contribution in [0.5, 0.6) is 0 Å². The van der Waals surface area contributed by atoms with E-state index in [1.165, 1.54) is 0 Å². The number of nitrogens with one attached hydrogen (secondary N) is 1. The van der Waals surface area contributed by atoms with Crippen LogP contribution in [0.15, 0.2) is 6.33 Å². The molecule has 2 aromatic heterocycles. The number of hydrogen-bond donors (Lipinski definition) is 1. The lowest BCUT2D eigenvalue weighted by Gasteiger charge is -2.31. The molecule has 0 bridgehead atoms. The van der Waals surface area contributed by atoms with E-state index in [2.05, 4.69) is 20.1 Å². The van der Waals surface area contributed by atoms with Gasteiger partial charge >= 0.3 is 0 Å². The van der Waals surface area contributed by atoms with E-state index in [1.807, 2.05) is 17.9 Å². The summed E-state index contributed by atoms with van der Waals surface area (Å²) in [6, 6.07) is 0. The van der Waals surface area contributed by atoms with Crippen molar-refractivity contribution in [3.05, 3.63) is 6.33 Å². The summed E-state index contributed by atoms with van der Waals surface area (Å²) in [5.41, 5.74) is 1.78. The Hall–Kier alpha value is -1.35. The van der Waals surface area contributed by atoms with E-state index < -0.39 is 0 Å². The largest absolute Gasteiger partial charge is 0.378 e. The summed E-state index contributed by atoms with van der Waals surface area (Å²) < 4.78 is 7.40. The molecule has 8 nitrogen and oxygen atoms in total. The lowest BCUT2D eigenvalue weighted by molar-refractivity contribution is 0.122. The molecule has 4 rings (SSSR count). The Morgan fingerprint density at radius 2 is 1.71 bits per heavy atom. The summed E-state index contributed by atoms with van der Waals surface area (Å²) in [6.07, 6.45) is 1.81. The molecular formula is C14H23Cl2N7O. The molecule has 10 heteroatoms. The van der Waals surface area contributed by atoms with E-state index in [1.54, 1.807) is 0 Å². The molecule has 0 atom stereocenters. The molecule has 0 aliphatic carbocycles. The number of nitrogens with zero attached hydrogens (tertiary/aromatic N) is 6. The Kier molecular flexibility index (Phi) is 6.45. The van der Waals surface area contributed by atoms with Crippen LogP contribution in [-0.2, 0) is 11.8 Å². The van der Waals surface area contributed by atoms with Crippen molar-refractivity contribution in [1.29, 1.82) is 0 Å². The van der Waals surface area contributed by atoms with Gasteiger partial charge in [0.1, 0.15) is 0 Å². The fourth-order valence-corrected chi connectivity index (χ4v) is 2.98. The number of morpholine rings is 1. The Morgan fingerprint density at radius 1 is 1.00 bits per heavy atom. The minimum atomic E-state index is 0. The van der Waals surface area contributed by atoms with Gasteiger partial charge in [-0.25, -0.2) is 4.98 Å². The Balaban J connectivity index is 0.00000104. The molecule has 0 unspecified atom stereocenters. The van der Waals surface area contributed by atoms with Crippen LogP contribution in [0.3, 0.4) is 0 Å². The maximum Gasteiger partial charge on any atom is 0.229 e. The number of anilines is 2. The molecule has 2 saturated heterocycles. The molecule has 0 saturated carbocycles. The van der Waals surface area contributed by atoms with E-state index in [0.29, 0.717) is 0 Å². The second-order valence-electron chi connectivity index (χ2n) is 5.71. The van der Waals surface area contributed by atoms with Gasteiger partial charge in [-0.2, -0.15) is 9.97 Å². The van der Waals surface area contributed by atoms with Gasteiger partial charge in [-0.15, -0.1) is 24.8 Å². The van der Waals surface area contributed by atoms with Crippen molar-refractivity contribution in [3.63, 3.8) is 0 Å². The molecule has 0 amide bonds. The van der Waals surface area contributed by atoms with Crippen LogP contribution in [-0.4, -0.2) is 72.0 Å². The molecule has 24 heavy (non-hydrogen) atoms. The molecular weight excluding hydrogens is 353 g/mol. The highest BCUT2D eigenvalue weighted by molar-refractivity contribution is 5.86. The van der Waals surface area contributed by atoms with E-state index in [9.17, 15) is 0 Å². The van der Waals surface area contributed by atoms with Crippen molar-refractivity contribution >= 4 is 47.7 Å². The van der Waals surface area contributed by atoms with Crippen molar-refractivity contribution in [2.24, 2.45) is 7.05 Å². The van der Waals surface area contributed by atoms with Gasteiger partial charge in [0.2, 0.25) is 5.95 Å². The lowest BCUT2D eigenvalue weighted by Crippen LogP contribution is -2.44. The standard InChI is InChI=1S/C14H21N7O.2ClH/c1-19-10-16-11-12(19)17-14(21-6-8-22-9-7-21)18-13(11)20-4-2-15-3-5-20;;/h10,15H,2-9H2,1H3;2*1H. The van der Waals surface area contributed by atoms with Gasteiger partial charge in [-0.05, 0) is 0 Å². The zero-order valence-electron chi connectivity index (χ0n) is 13.6. The number of aromatic nitrogens is 4. The highest BCUT2D eigenvalue weighted by Gasteiger charge is 2.22. The predicted octanol–water partition coefficient (Wildman–Crippen LogP) is 0.453. The van der Waals surface area contributed by atoms with Gasteiger partial charge < -0.3 is 24.4 Å². The smallest absolute Gasteiger partial charge is 0.229 e. The third kappa shape index (κ3) is 3.51. The summed E-state index contributed by atoms with van der Waals surface area (Å²) in [5.74, 6) is 1.74. The van der Waals surface area contributed by atoms with Crippen LogP contribution in [0, 0.1) is 0 Å². The predicted molar refractivity (Wildman–Crippen MR) is 98.9 cm³/mol. The molecule has 134 valence electrons. The molecule has 2 aliphatic rings. The van der Waals surface area contributed by atoms with Gasteiger partial charge in [0.25, 0.3) is 0 Å². The van der Waals surface area contributed by atoms with Crippen LogP contribution in [0.2, 0.25) is 0 Å². The second kappa shape index (κ2) is 8.15. The number of hydrogen-bond acceptors (Lipinski definition) is 7. The maximum atomic E-state index is 5.43. The zero-order chi connectivity index (χ0) is 14.9. The Morgan fingerprint density at radius 3 is 2.42 bits per heavy atom. The number of halogens is 2. The Labute approximate surface area is 153 Å². The van der Waals surface area contributed by atoms with Crippen molar-refractivity contribution in [2.75, 3.05) is 62.3 Å². The van der Waals surface area contributed by atoms with Gasteiger partial charge in [-0.3, -0.25) is 0 Å².